The molecule has 0 fully saturated rings. The Labute approximate surface area is 167 Å². The first-order valence-corrected chi connectivity index (χ1v) is 11.0. The van der Waals surface area contributed by atoms with Gasteiger partial charge in [-0.25, -0.2) is 18.1 Å². The van der Waals surface area contributed by atoms with Crippen molar-refractivity contribution in [3.05, 3.63) is 70.1 Å². The molecule has 0 aliphatic carbocycles. The summed E-state index contributed by atoms with van der Waals surface area (Å²) in [6.45, 7) is 2.01. The maximum atomic E-state index is 12.0. The fraction of sp³-hybridized carbons (Fsp3) is 0.200. The average molecular weight is 417 g/mol. The maximum Gasteiger partial charge on any atom is 0.307 e. The third-order valence-electron chi connectivity index (χ3n) is 3.84. The minimum atomic E-state index is -3.62. The number of sulfonamides is 1. The molecule has 1 heterocycles. The highest BCUT2D eigenvalue weighted by molar-refractivity contribution is 7.92. The number of aromatic nitrogens is 1. The number of aryl methyl sites for hydroxylation is 1. The van der Waals surface area contributed by atoms with Gasteiger partial charge in [-0.3, -0.25) is 4.79 Å². The number of hydrogen-bond acceptors (Lipinski definition) is 6. The third-order valence-corrected chi connectivity index (χ3v) is 5.95. The quantitative estimate of drug-likeness (QED) is 0.567. The first-order chi connectivity index (χ1) is 13.4. The number of para-hydroxylation sites is 1. The highest BCUT2D eigenvalue weighted by Crippen LogP contribution is 2.22. The van der Waals surface area contributed by atoms with E-state index in [1.165, 1.54) is 17.4 Å². The summed E-state index contributed by atoms with van der Waals surface area (Å²) in [7, 11) is -3.62. The van der Waals surface area contributed by atoms with E-state index in [-0.39, 0.29) is 19.6 Å². The van der Waals surface area contributed by atoms with Gasteiger partial charge in [0, 0.05) is 12.0 Å². The zero-order valence-electron chi connectivity index (χ0n) is 15.3. The minimum absolute atomic E-state index is 0.0285. The SMILES string of the molecule is Cc1ccc(/C=C/S(=O)(=O)NCCC(=O)OCc2nc3ccccc3s2)cc1. The van der Waals surface area contributed by atoms with E-state index in [0.717, 1.165) is 26.8 Å². The number of esters is 1. The van der Waals surface area contributed by atoms with Crippen LogP contribution in [0.5, 0.6) is 0 Å². The number of fused-ring (bicyclic) bond motifs is 1. The number of rotatable bonds is 8. The Bertz CT molecular complexity index is 1050. The van der Waals surface area contributed by atoms with Crippen LogP contribution in [0.15, 0.2) is 53.9 Å². The number of nitrogens with zero attached hydrogens (tertiary/aromatic N) is 1. The molecule has 0 aliphatic heterocycles. The Hall–Kier alpha value is -2.55. The van der Waals surface area contributed by atoms with E-state index in [4.69, 9.17) is 4.74 Å². The van der Waals surface area contributed by atoms with Crippen molar-refractivity contribution in [1.29, 1.82) is 0 Å². The van der Waals surface area contributed by atoms with Crippen molar-refractivity contribution in [2.45, 2.75) is 20.0 Å². The summed E-state index contributed by atoms with van der Waals surface area (Å²) in [5, 5.41) is 1.79. The normalized spacial score (nSPS) is 11.9. The molecule has 28 heavy (non-hydrogen) atoms. The van der Waals surface area contributed by atoms with Gasteiger partial charge in [-0.05, 0) is 30.7 Å². The molecule has 1 N–H and O–H groups in total. The van der Waals surface area contributed by atoms with Gasteiger partial charge < -0.3 is 4.74 Å². The van der Waals surface area contributed by atoms with Crippen molar-refractivity contribution in [3.8, 4) is 0 Å². The fourth-order valence-electron chi connectivity index (χ4n) is 2.39. The van der Waals surface area contributed by atoms with Crippen molar-refractivity contribution < 1.29 is 17.9 Å². The molecule has 0 amide bonds. The van der Waals surface area contributed by atoms with Gasteiger partial charge in [0.15, 0.2) is 0 Å². The maximum absolute atomic E-state index is 12.0. The summed E-state index contributed by atoms with van der Waals surface area (Å²) < 4.78 is 32.5. The van der Waals surface area contributed by atoms with Gasteiger partial charge in [0.1, 0.15) is 11.6 Å². The van der Waals surface area contributed by atoms with Gasteiger partial charge in [-0.2, -0.15) is 0 Å². The van der Waals surface area contributed by atoms with Crippen LogP contribution in [-0.2, 0) is 26.2 Å². The molecule has 146 valence electrons. The monoisotopic (exact) mass is 416 g/mol. The molecular weight excluding hydrogens is 396 g/mol. The largest absolute Gasteiger partial charge is 0.458 e. The van der Waals surface area contributed by atoms with Crippen LogP contribution in [0.1, 0.15) is 22.6 Å². The molecule has 0 saturated carbocycles. The molecule has 8 heteroatoms. The highest BCUT2D eigenvalue weighted by atomic mass is 32.2. The van der Waals surface area contributed by atoms with Crippen LogP contribution < -0.4 is 4.72 Å². The second-order valence-electron chi connectivity index (χ2n) is 6.14. The number of ether oxygens (including phenoxy) is 1. The van der Waals surface area contributed by atoms with E-state index in [1.54, 1.807) is 0 Å². The molecule has 0 atom stereocenters. The lowest BCUT2D eigenvalue weighted by molar-refractivity contribution is -0.144. The lowest BCUT2D eigenvalue weighted by atomic mass is 10.2. The van der Waals surface area contributed by atoms with Crippen molar-refractivity contribution in [2.75, 3.05) is 6.54 Å². The topological polar surface area (TPSA) is 85.4 Å². The summed E-state index contributed by atoms with van der Waals surface area (Å²) in [5.41, 5.74) is 2.75. The van der Waals surface area contributed by atoms with Gasteiger partial charge in [-0.1, -0.05) is 42.0 Å². The number of thiazole rings is 1. The Morgan fingerprint density at radius 2 is 1.93 bits per heavy atom. The average Bonchev–Trinajstić information content (AvgIpc) is 3.09. The standard InChI is InChI=1S/C20H20N2O4S2/c1-15-6-8-16(9-7-15)11-13-28(24,25)21-12-10-20(23)26-14-19-22-17-4-2-3-5-18(17)27-19/h2-9,11,13,21H,10,12,14H2,1H3/b13-11+. The van der Waals surface area contributed by atoms with Crippen molar-refractivity contribution in [2.24, 2.45) is 0 Å². The molecule has 0 unspecified atom stereocenters. The molecular formula is C20H20N2O4S2. The Morgan fingerprint density at radius 3 is 2.68 bits per heavy atom. The zero-order valence-corrected chi connectivity index (χ0v) is 16.9. The summed E-state index contributed by atoms with van der Waals surface area (Å²) in [4.78, 5) is 16.2. The first-order valence-electron chi connectivity index (χ1n) is 8.66. The van der Waals surface area contributed by atoms with Crippen molar-refractivity contribution >= 4 is 43.6 Å². The second-order valence-corrected chi connectivity index (χ2v) is 8.90. The smallest absolute Gasteiger partial charge is 0.307 e. The van der Waals surface area contributed by atoms with Crippen LogP contribution in [0.25, 0.3) is 16.3 Å². The van der Waals surface area contributed by atoms with Crippen LogP contribution in [0.3, 0.4) is 0 Å². The molecule has 0 saturated heterocycles. The van der Waals surface area contributed by atoms with Crippen LogP contribution in [0.2, 0.25) is 0 Å². The Morgan fingerprint density at radius 1 is 1.18 bits per heavy atom. The lowest BCUT2D eigenvalue weighted by Crippen LogP contribution is -2.24. The molecule has 2 aromatic carbocycles. The number of nitrogens with one attached hydrogen (secondary N) is 1. The molecule has 0 bridgehead atoms. The van der Waals surface area contributed by atoms with E-state index in [1.807, 2.05) is 55.5 Å². The van der Waals surface area contributed by atoms with Gasteiger partial charge in [0.05, 0.1) is 16.6 Å². The molecule has 1 aromatic heterocycles. The third kappa shape index (κ3) is 5.98. The van der Waals surface area contributed by atoms with E-state index < -0.39 is 16.0 Å². The van der Waals surface area contributed by atoms with E-state index in [0.29, 0.717) is 5.01 Å². The Balaban J connectivity index is 1.43. The number of carbonyl (C=O) groups excluding carboxylic acids is 1. The number of benzene rings is 2. The highest BCUT2D eigenvalue weighted by Gasteiger charge is 2.10. The van der Waals surface area contributed by atoms with Gasteiger partial charge in [-0.15, -0.1) is 11.3 Å². The first kappa shape index (κ1) is 20.2. The van der Waals surface area contributed by atoms with Gasteiger partial charge in [0.25, 0.3) is 0 Å². The summed E-state index contributed by atoms with van der Waals surface area (Å²) in [6.07, 6.45) is 1.45. The van der Waals surface area contributed by atoms with Crippen molar-refractivity contribution in [1.82, 2.24) is 9.71 Å². The fourth-order valence-corrected chi connectivity index (χ4v) is 4.08. The van der Waals surface area contributed by atoms with E-state index in [9.17, 15) is 13.2 Å². The van der Waals surface area contributed by atoms with Crippen molar-refractivity contribution in [3.63, 3.8) is 0 Å². The number of hydrogen-bond donors (Lipinski definition) is 1. The van der Waals surface area contributed by atoms with E-state index >= 15 is 0 Å². The van der Waals surface area contributed by atoms with Gasteiger partial charge >= 0.3 is 5.97 Å². The lowest BCUT2D eigenvalue weighted by Gasteiger charge is -2.04. The summed E-state index contributed by atoms with van der Waals surface area (Å²) in [6, 6.07) is 15.2. The minimum Gasteiger partial charge on any atom is -0.458 e. The molecule has 3 rings (SSSR count). The van der Waals surface area contributed by atoms with Crippen LogP contribution in [-0.4, -0.2) is 25.9 Å². The van der Waals surface area contributed by atoms with Crippen LogP contribution in [0, 0.1) is 6.92 Å². The van der Waals surface area contributed by atoms with Crippen LogP contribution in [0.4, 0.5) is 0 Å². The summed E-state index contributed by atoms with van der Waals surface area (Å²) >= 11 is 1.46. The predicted molar refractivity (Wildman–Crippen MR) is 111 cm³/mol. The second kappa shape index (κ2) is 9.09. The summed E-state index contributed by atoms with van der Waals surface area (Å²) in [5.74, 6) is -0.482. The number of carbonyl (C=O) groups is 1. The molecule has 0 radical (unpaired) electrons. The molecule has 0 aliphatic rings. The van der Waals surface area contributed by atoms with Crippen LogP contribution >= 0.6 is 11.3 Å². The molecule has 0 spiro atoms. The predicted octanol–water partition coefficient (Wildman–Crippen LogP) is 3.63. The molecule has 6 nitrogen and oxygen atoms in total. The molecule has 3 aromatic rings. The zero-order chi connectivity index (χ0) is 20.0. The van der Waals surface area contributed by atoms with Gasteiger partial charge in [0.2, 0.25) is 10.0 Å². The Kier molecular flexibility index (Phi) is 6.56. The van der Waals surface area contributed by atoms with E-state index in [2.05, 4.69) is 9.71 Å².